The zero-order valence-electron chi connectivity index (χ0n) is 12.5. The van der Waals surface area contributed by atoms with Crippen molar-refractivity contribution in [3.05, 3.63) is 11.4 Å². The molecule has 5 nitrogen and oxygen atoms in total. The molecule has 1 saturated carbocycles. The van der Waals surface area contributed by atoms with Crippen LogP contribution in [0.5, 0.6) is 0 Å². The number of carbonyl (C=O) groups is 1. The molecule has 0 spiro atoms. The Morgan fingerprint density at radius 1 is 1.55 bits per heavy atom. The van der Waals surface area contributed by atoms with Crippen LogP contribution in [-0.4, -0.2) is 33.2 Å². The fourth-order valence-corrected chi connectivity index (χ4v) is 3.63. The van der Waals surface area contributed by atoms with Gasteiger partial charge in [-0.05, 0) is 39.4 Å². The summed E-state index contributed by atoms with van der Waals surface area (Å²) in [5, 5.41) is 8.09. The monoisotopic (exact) mass is 296 g/mol. The molecule has 1 aliphatic rings. The molecule has 0 bridgehead atoms. The Kier molecular flexibility index (Phi) is 4.96. The highest BCUT2D eigenvalue weighted by molar-refractivity contribution is 7.99. The molecule has 1 fully saturated rings. The molecular weight excluding hydrogens is 272 g/mol. The number of nitrogens with two attached hydrogens (primary N) is 1. The Labute approximate surface area is 124 Å². The highest BCUT2D eigenvalue weighted by Crippen LogP contribution is 2.27. The number of rotatable bonds is 4. The Hall–Kier alpha value is -1.17. The number of nitrogen functional groups attached to an aromatic ring is 1. The lowest BCUT2D eigenvalue weighted by Crippen LogP contribution is -2.40. The lowest BCUT2D eigenvalue weighted by Gasteiger charge is -2.28. The van der Waals surface area contributed by atoms with Crippen LogP contribution < -0.4 is 11.1 Å². The van der Waals surface area contributed by atoms with Crippen LogP contribution in [0.1, 0.15) is 48.8 Å². The highest BCUT2D eigenvalue weighted by atomic mass is 32.2. The van der Waals surface area contributed by atoms with Crippen molar-refractivity contribution in [2.75, 3.05) is 12.0 Å². The fraction of sp³-hybridized carbons (Fsp3) is 0.714. The normalized spacial score (nSPS) is 22.8. The van der Waals surface area contributed by atoms with Gasteiger partial charge in [-0.1, -0.05) is 6.42 Å². The van der Waals surface area contributed by atoms with Gasteiger partial charge in [-0.2, -0.15) is 16.9 Å². The van der Waals surface area contributed by atoms with E-state index in [2.05, 4.69) is 16.7 Å². The molecule has 20 heavy (non-hydrogen) atoms. The first-order valence-corrected chi connectivity index (χ1v) is 8.52. The van der Waals surface area contributed by atoms with Crippen LogP contribution in [0.15, 0.2) is 0 Å². The van der Waals surface area contributed by atoms with Gasteiger partial charge < -0.3 is 11.1 Å². The van der Waals surface area contributed by atoms with Gasteiger partial charge >= 0.3 is 0 Å². The van der Waals surface area contributed by atoms with Crippen molar-refractivity contribution in [3.63, 3.8) is 0 Å². The Bertz CT molecular complexity index is 486. The number of amides is 1. The SMILES string of the molecule is CCn1nc(C)c(N)c1C(=O)NC1CCCC(SC)C1. The zero-order chi connectivity index (χ0) is 14.7. The zero-order valence-corrected chi connectivity index (χ0v) is 13.3. The molecule has 3 N–H and O–H groups in total. The van der Waals surface area contributed by atoms with Crippen LogP contribution in [-0.2, 0) is 6.54 Å². The molecule has 0 radical (unpaired) electrons. The van der Waals surface area contributed by atoms with Crippen LogP contribution >= 0.6 is 11.8 Å². The number of aromatic nitrogens is 2. The van der Waals surface area contributed by atoms with Gasteiger partial charge in [0.15, 0.2) is 0 Å². The lowest BCUT2D eigenvalue weighted by molar-refractivity contribution is 0.0918. The summed E-state index contributed by atoms with van der Waals surface area (Å²) < 4.78 is 1.69. The first-order valence-electron chi connectivity index (χ1n) is 7.23. The van der Waals surface area contributed by atoms with E-state index in [0.717, 1.165) is 18.5 Å². The summed E-state index contributed by atoms with van der Waals surface area (Å²) in [6.07, 6.45) is 6.68. The molecule has 1 aromatic rings. The average molecular weight is 296 g/mol. The Morgan fingerprint density at radius 2 is 2.30 bits per heavy atom. The van der Waals surface area contributed by atoms with Crippen molar-refractivity contribution < 1.29 is 4.79 Å². The predicted octanol–water partition coefficient (Wildman–Crippen LogP) is 2.20. The van der Waals surface area contributed by atoms with Crippen molar-refractivity contribution in [3.8, 4) is 0 Å². The summed E-state index contributed by atoms with van der Waals surface area (Å²) in [5.41, 5.74) is 7.73. The standard InChI is InChI=1S/C14H24N4OS/c1-4-18-13(12(15)9(2)17-18)14(19)16-10-6-5-7-11(8-10)20-3/h10-11H,4-8,15H2,1-3H3,(H,16,19). The van der Waals surface area contributed by atoms with Gasteiger partial charge in [0.05, 0.1) is 11.4 Å². The largest absolute Gasteiger partial charge is 0.395 e. The second kappa shape index (κ2) is 6.52. The molecule has 2 atom stereocenters. The van der Waals surface area contributed by atoms with Crippen LogP contribution in [0.3, 0.4) is 0 Å². The molecule has 0 aromatic carbocycles. The third-order valence-corrected chi connectivity index (χ3v) is 5.08. The molecule has 1 aromatic heterocycles. The Morgan fingerprint density at radius 3 is 2.95 bits per heavy atom. The van der Waals surface area contributed by atoms with Crippen LogP contribution in [0.4, 0.5) is 5.69 Å². The summed E-state index contributed by atoms with van der Waals surface area (Å²) in [6, 6.07) is 0.258. The fourth-order valence-electron chi connectivity index (χ4n) is 2.81. The summed E-state index contributed by atoms with van der Waals surface area (Å²) >= 11 is 1.89. The molecule has 2 rings (SSSR count). The second-order valence-electron chi connectivity index (χ2n) is 5.36. The lowest BCUT2D eigenvalue weighted by atomic mass is 9.95. The number of aryl methyl sites for hydroxylation is 2. The van der Waals surface area contributed by atoms with E-state index < -0.39 is 0 Å². The van der Waals surface area contributed by atoms with Gasteiger partial charge in [-0.25, -0.2) is 0 Å². The minimum absolute atomic E-state index is 0.0864. The third kappa shape index (κ3) is 3.11. The number of hydrogen-bond donors (Lipinski definition) is 2. The maximum Gasteiger partial charge on any atom is 0.271 e. The highest BCUT2D eigenvalue weighted by Gasteiger charge is 2.25. The quantitative estimate of drug-likeness (QED) is 0.893. The number of nitrogens with zero attached hydrogens (tertiary/aromatic N) is 2. The average Bonchev–Trinajstić information content (AvgIpc) is 2.74. The molecule has 2 unspecified atom stereocenters. The van der Waals surface area contributed by atoms with E-state index in [4.69, 9.17) is 5.73 Å². The van der Waals surface area contributed by atoms with Gasteiger partial charge in [0.2, 0.25) is 0 Å². The first-order chi connectivity index (χ1) is 9.56. The Balaban J connectivity index is 2.08. The van der Waals surface area contributed by atoms with Crippen molar-refractivity contribution in [2.24, 2.45) is 0 Å². The van der Waals surface area contributed by atoms with Crippen molar-refractivity contribution in [1.82, 2.24) is 15.1 Å². The minimum Gasteiger partial charge on any atom is -0.395 e. The molecular formula is C14H24N4OS. The number of nitrogens with one attached hydrogen (secondary N) is 1. The summed E-state index contributed by atoms with van der Waals surface area (Å²) in [5.74, 6) is -0.0864. The third-order valence-electron chi connectivity index (χ3n) is 3.98. The summed E-state index contributed by atoms with van der Waals surface area (Å²) in [6.45, 7) is 4.45. The van der Waals surface area contributed by atoms with Gasteiger partial charge in [-0.3, -0.25) is 9.48 Å². The maximum atomic E-state index is 12.5. The summed E-state index contributed by atoms with van der Waals surface area (Å²) in [4.78, 5) is 12.5. The number of anilines is 1. The number of thioether (sulfide) groups is 1. The smallest absolute Gasteiger partial charge is 0.271 e. The second-order valence-corrected chi connectivity index (χ2v) is 6.50. The van der Waals surface area contributed by atoms with Gasteiger partial charge in [-0.15, -0.1) is 0 Å². The molecule has 0 saturated heterocycles. The molecule has 1 aliphatic carbocycles. The van der Waals surface area contributed by atoms with Crippen molar-refractivity contribution in [1.29, 1.82) is 0 Å². The number of hydrogen-bond acceptors (Lipinski definition) is 4. The van der Waals surface area contributed by atoms with E-state index in [1.165, 1.54) is 12.8 Å². The van der Waals surface area contributed by atoms with E-state index in [1.54, 1.807) is 4.68 Å². The minimum atomic E-state index is -0.0864. The van der Waals surface area contributed by atoms with Crippen molar-refractivity contribution in [2.45, 2.75) is 57.4 Å². The van der Waals surface area contributed by atoms with Gasteiger partial charge in [0.1, 0.15) is 5.69 Å². The maximum absolute atomic E-state index is 12.5. The van der Waals surface area contributed by atoms with E-state index in [9.17, 15) is 4.79 Å². The van der Waals surface area contributed by atoms with Crippen molar-refractivity contribution >= 4 is 23.4 Å². The molecule has 112 valence electrons. The van der Waals surface area contributed by atoms with E-state index >= 15 is 0 Å². The number of carbonyl (C=O) groups excluding carboxylic acids is 1. The van der Waals surface area contributed by atoms with Crippen LogP contribution in [0, 0.1) is 6.92 Å². The topological polar surface area (TPSA) is 72.9 Å². The predicted molar refractivity (Wildman–Crippen MR) is 84.1 cm³/mol. The van der Waals surface area contributed by atoms with Crippen LogP contribution in [0.25, 0.3) is 0 Å². The van der Waals surface area contributed by atoms with E-state index in [1.807, 2.05) is 25.6 Å². The summed E-state index contributed by atoms with van der Waals surface area (Å²) in [7, 11) is 0. The van der Waals surface area contributed by atoms with E-state index in [-0.39, 0.29) is 11.9 Å². The van der Waals surface area contributed by atoms with Gasteiger partial charge in [0.25, 0.3) is 5.91 Å². The molecule has 0 aliphatic heterocycles. The first kappa shape index (κ1) is 15.2. The molecule has 1 amide bonds. The van der Waals surface area contributed by atoms with E-state index in [0.29, 0.717) is 23.2 Å². The molecule has 1 heterocycles. The van der Waals surface area contributed by atoms with Crippen LogP contribution in [0.2, 0.25) is 0 Å². The molecule has 6 heteroatoms. The van der Waals surface area contributed by atoms with Gasteiger partial charge in [0, 0.05) is 17.8 Å².